The van der Waals surface area contributed by atoms with Crippen molar-refractivity contribution in [2.45, 2.75) is 104 Å². The molecule has 0 aliphatic carbocycles. The lowest BCUT2D eigenvalue weighted by Crippen LogP contribution is -2.40. The largest absolute Gasteiger partial charge is 0.346 e. The van der Waals surface area contributed by atoms with Gasteiger partial charge in [0.15, 0.2) is 5.78 Å². The number of hydrogen-bond donors (Lipinski definition) is 1. The van der Waals surface area contributed by atoms with Crippen LogP contribution in [-0.4, -0.2) is 17.7 Å². The Labute approximate surface area is 197 Å². The minimum Gasteiger partial charge on any atom is -0.346 e. The number of ketones is 1. The van der Waals surface area contributed by atoms with Crippen molar-refractivity contribution in [3.63, 3.8) is 0 Å². The maximum Gasteiger partial charge on any atom is 0.220 e. The molecule has 32 heavy (non-hydrogen) atoms. The van der Waals surface area contributed by atoms with Crippen LogP contribution in [0.25, 0.3) is 0 Å². The van der Waals surface area contributed by atoms with Crippen molar-refractivity contribution in [3.8, 4) is 0 Å². The van der Waals surface area contributed by atoms with Crippen LogP contribution in [0.4, 0.5) is 0 Å². The van der Waals surface area contributed by atoms with E-state index in [1.807, 2.05) is 0 Å². The second kappa shape index (κ2) is 22.0. The Morgan fingerprint density at radius 3 is 1.69 bits per heavy atom. The molecule has 1 atom stereocenters. The Bertz CT molecular complexity index is 623. The summed E-state index contributed by atoms with van der Waals surface area (Å²) in [5.74, 6) is 0.443. The van der Waals surface area contributed by atoms with Gasteiger partial charge in [-0.3, -0.25) is 9.59 Å². The summed E-state index contributed by atoms with van der Waals surface area (Å²) in [6, 6.07) is -0.330. The summed E-state index contributed by atoms with van der Waals surface area (Å²) in [4.78, 5) is 23.7. The number of amides is 1. The molecule has 1 unspecified atom stereocenters. The number of unbranched alkanes of at least 4 members (excludes halogenated alkanes) is 3. The van der Waals surface area contributed by atoms with Crippen molar-refractivity contribution in [2.75, 3.05) is 0 Å². The Morgan fingerprint density at radius 2 is 1.22 bits per heavy atom. The summed E-state index contributed by atoms with van der Waals surface area (Å²) in [6.45, 7) is 7.84. The molecule has 180 valence electrons. The maximum atomic E-state index is 12.0. The fourth-order valence-corrected chi connectivity index (χ4v) is 3.16. The van der Waals surface area contributed by atoms with Gasteiger partial charge in [0.05, 0.1) is 6.04 Å². The highest BCUT2D eigenvalue weighted by Crippen LogP contribution is 2.08. The van der Waals surface area contributed by atoms with Gasteiger partial charge in [0.1, 0.15) is 0 Å². The lowest BCUT2D eigenvalue weighted by atomic mass is 10.0. The van der Waals surface area contributed by atoms with Gasteiger partial charge in [-0.05, 0) is 70.6 Å². The number of allylic oxidation sites excluding steroid dienone is 10. The first-order valence-corrected chi connectivity index (χ1v) is 12.5. The van der Waals surface area contributed by atoms with E-state index in [9.17, 15) is 9.59 Å². The Morgan fingerprint density at radius 1 is 0.719 bits per heavy atom. The average Bonchev–Trinajstić information content (AvgIpc) is 2.74. The molecule has 0 aromatic rings. The average molecular weight is 442 g/mol. The van der Waals surface area contributed by atoms with Gasteiger partial charge in [-0.2, -0.15) is 0 Å². The molecule has 0 heterocycles. The molecule has 0 saturated heterocycles. The van der Waals surface area contributed by atoms with Crippen LogP contribution in [0.5, 0.6) is 0 Å². The van der Waals surface area contributed by atoms with E-state index in [1.54, 1.807) is 6.92 Å². The van der Waals surface area contributed by atoms with Crippen molar-refractivity contribution >= 4 is 11.7 Å². The molecule has 0 aromatic heterocycles. The first-order valence-electron chi connectivity index (χ1n) is 12.5. The standard InChI is InChI=1S/C29H47NO2/c1-5-6-7-8-9-10-11-12-13-14-15-16-17-18-19-20-21-22-23-24-29(32)30-28(27(4)31)25-26(2)3/h6-7,9-10,12-13,15-16,18-19,26,28H,5,8,11,14,17,20-25H2,1-4H3,(H,30,32)/b7-6-,10-9-,13-12-,16-15-,19-18-. The smallest absolute Gasteiger partial charge is 0.220 e. The first kappa shape index (κ1) is 29.8. The summed E-state index contributed by atoms with van der Waals surface area (Å²) in [7, 11) is 0. The van der Waals surface area contributed by atoms with Crippen molar-refractivity contribution < 1.29 is 9.59 Å². The lowest BCUT2D eigenvalue weighted by Gasteiger charge is -2.17. The molecule has 1 amide bonds. The molecule has 1 N–H and O–H groups in total. The third-order valence-corrected chi connectivity index (χ3v) is 4.97. The van der Waals surface area contributed by atoms with Crippen molar-refractivity contribution in [1.29, 1.82) is 0 Å². The normalized spacial score (nSPS) is 13.5. The van der Waals surface area contributed by atoms with Gasteiger partial charge >= 0.3 is 0 Å². The predicted octanol–water partition coefficient (Wildman–Crippen LogP) is 7.81. The SMILES string of the molecule is CC/C=C\C/C=C\C/C=C\C/C=C\C/C=C\CCCCCC(=O)NC(CC(C)C)C(C)=O. The number of nitrogens with one attached hydrogen (secondary N) is 1. The van der Waals surface area contributed by atoms with E-state index in [1.165, 1.54) is 0 Å². The Balaban J connectivity index is 3.67. The number of carbonyl (C=O) groups excluding carboxylic acids is 2. The van der Waals surface area contributed by atoms with Crippen LogP contribution in [0.3, 0.4) is 0 Å². The molecule has 3 heteroatoms. The van der Waals surface area contributed by atoms with Crippen LogP contribution in [0.2, 0.25) is 0 Å². The highest BCUT2D eigenvalue weighted by molar-refractivity contribution is 5.87. The number of carbonyl (C=O) groups is 2. The third-order valence-electron chi connectivity index (χ3n) is 4.97. The summed E-state index contributed by atoms with van der Waals surface area (Å²) < 4.78 is 0. The Kier molecular flexibility index (Phi) is 20.6. The monoisotopic (exact) mass is 441 g/mol. The van der Waals surface area contributed by atoms with E-state index in [0.29, 0.717) is 18.8 Å². The molecule has 3 nitrogen and oxygen atoms in total. The highest BCUT2D eigenvalue weighted by atomic mass is 16.2. The summed E-state index contributed by atoms with van der Waals surface area (Å²) in [5.41, 5.74) is 0. The zero-order chi connectivity index (χ0) is 23.9. The summed E-state index contributed by atoms with van der Waals surface area (Å²) >= 11 is 0. The zero-order valence-corrected chi connectivity index (χ0v) is 21.0. The molecular formula is C29H47NO2. The van der Waals surface area contributed by atoms with Crippen LogP contribution in [-0.2, 0) is 9.59 Å². The van der Waals surface area contributed by atoms with Crippen LogP contribution in [0.15, 0.2) is 60.8 Å². The lowest BCUT2D eigenvalue weighted by molar-refractivity contribution is -0.127. The van der Waals surface area contributed by atoms with E-state index in [-0.39, 0.29) is 17.7 Å². The third kappa shape index (κ3) is 21.1. The van der Waals surface area contributed by atoms with Gasteiger partial charge in [0.25, 0.3) is 0 Å². The second-order valence-electron chi connectivity index (χ2n) is 8.67. The second-order valence-corrected chi connectivity index (χ2v) is 8.67. The molecule has 0 aromatic carbocycles. The molecule has 0 rings (SSSR count). The molecule has 0 fully saturated rings. The number of hydrogen-bond acceptors (Lipinski definition) is 2. The molecule has 0 bridgehead atoms. The van der Waals surface area contributed by atoms with Crippen molar-refractivity contribution in [3.05, 3.63) is 60.8 Å². The van der Waals surface area contributed by atoms with E-state index in [2.05, 4.69) is 86.8 Å². The topological polar surface area (TPSA) is 46.2 Å². The number of Topliss-reactive ketones (excluding diaryl/α,β-unsaturated/α-hetero) is 1. The molecule has 0 saturated carbocycles. The minimum absolute atomic E-state index is 0.000675. The maximum absolute atomic E-state index is 12.0. The zero-order valence-electron chi connectivity index (χ0n) is 21.0. The molecular weight excluding hydrogens is 394 g/mol. The van der Waals surface area contributed by atoms with Crippen molar-refractivity contribution in [1.82, 2.24) is 5.32 Å². The predicted molar refractivity (Wildman–Crippen MR) is 140 cm³/mol. The number of rotatable bonds is 19. The minimum atomic E-state index is -0.330. The fourth-order valence-electron chi connectivity index (χ4n) is 3.16. The molecule has 0 radical (unpaired) electrons. The first-order chi connectivity index (χ1) is 15.5. The summed E-state index contributed by atoms with van der Waals surface area (Å²) in [5, 5.41) is 2.89. The van der Waals surface area contributed by atoms with E-state index in [0.717, 1.165) is 57.8 Å². The van der Waals surface area contributed by atoms with Crippen molar-refractivity contribution in [2.24, 2.45) is 5.92 Å². The quantitative estimate of drug-likeness (QED) is 0.164. The van der Waals surface area contributed by atoms with Crippen LogP contribution < -0.4 is 5.32 Å². The fraction of sp³-hybridized carbons (Fsp3) is 0.586. The molecule has 0 aliphatic rings. The van der Waals surface area contributed by atoms with Gasteiger partial charge in [-0.1, -0.05) is 88.0 Å². The van der Waals surface area contributed by atoms with Gasteiger partial charge in [-0.15, -0.1) is 0 Å². The Hall–Kier alpha value is -2.16. The van der Waals surface area contributed by atoms with Crippen LogP contribution in [0, 0.1) is 5.92 Å². The van der Waals surface area contributed by atoms with E-state index >= 15 is 0 Å². The highest BCUT2D eigenvalue weighted by Gasteiger charge is 2.17. The summed E-state index contributed by atoms with van der Waals surface area (Å²) in [6.07, 6.45) is 32.5. The van der Waals surface area contributed by atoms with Gasteiger partial charge in [0, 0.05) is 6.42 Å². The van der Waals surface area contributed by atoms with Crippen LogP contribution in [0.1, 0.15) is 98.3 Å². The molecule has 0 aliphatic heterocycles. The van der Waals surface area contributed by atoms with Gasteiger partial charge < -0.3 is 5.32 Å². The van der Waals surface area contributed by atoms with Gasteiger partial charge in [-0.25, -0.2) is 0 Å². The van der Waals surface area contributed by atoms with E-state index in [4.69, 9.17) is 0 Å². The van der Waals surface area contributed by atoms with E-state index < -0.39 is 0 Å². The van der Waals surface area contributed by atoms with Crippen LogP contribution >= 0.6 is 0 Å². The molecule has 0 spiro atoms. The van der Waals surface area contributed by atoms with Gasteiger partial charge in [0.2, 0.25) is 5.91 Å².